The molecule has 1 N–H and O–H groups in total. The summed E-state index contributed by atoms with van der Waals surface area (Å²) in [5.41, 5.74) is 4.33. The molecule has 3 rings (SSSR count). The van der Waals surface area contributed by atoms with Crippen LogP contribution in [0, 0.1) is 12.8 Å². The van der Waals surface area contributed by atoms with E-state index in [0.29, 0.717) is 31.0 Å². The smallest absolute Gasteiger partial charge is 0.224 e. The molecule has 0 radical (unpaired) electrons. The van der Waals surface area contributed by atoms with Crippen LogP contribution in [-0.4, -0.2) is 43.7 Å². The normalized spacial score (nSPS) is 24.2. The lowest BCUT2D eigenvalue weighted by atomic mass is 9.97. The van der Waals surface area contributed by atoms with Crippen LogP contribution < -0.4 is 5.32 Å². The lowest BCUT2D eigenvalue weighted by Gasteiger charge is -2.35. The molecule has 4 heteroatoms. The number of ether oxygens (including phenoxy) is 1. The van der Waals surface area contributed by atoms with Crippen molar-refractivity contribution in [2.45, 2.75) is 51.6 Å². The third-order valence-corrected chi connectivity index (χ3v) is 5.53. The Balaban J connectivity index is 1.55. The molecule has 2 unspecified atom stereocenters. The predicted molar refractivity (Wildman–Crippen MR) is 96.0 cm³/mol. The molecule has 1 amide bonds. The van der Waals surface area contributed by atoms with Crippen LogP contribution in [0.1, 0.15) is 48.9 Å². The van der Waals surface area contributed by atoms with Crippen molar-refractivity contribution in [2.24, 2.45) is 5.92 Å². The quantitative estimate of drug-likeness (QED) is 0.903. The first kappa shape index (κ1) is 17.4. The third kappa shape index (κ3) is 3.81. The number of hydrogen-bond donors (Lipinski definition) is 1. The Morgan fingerprint density at radius 1 is 1.33 bits per heavy atom. The molecule has 0 saturated carbocycles. The number of benzene rings is 1. The number of likely N-dealkylation sites (tertiary alicyclic amines) is 1. The molecule has 1 saturated heterocycles. The molecule has 0 spiro atoms. The molecule has 4 nitrogen and oxygen atoms in total. The second-order valence-corrected chi connectivity index (χ2v) is 7.43. The van der Waals surface area contributed by atoms with Crippen molar-refractivity contribution in [3.05, 3.63) is 34.9 Å². The van der Waals surface area contributed by atoms with Crippen LogP contribution in [0.4, 0.5) is 0 Å². The highest BCUT2D eigenvalue weighted by atomic mass is 16.5. The van der Waals surface area contributed by atoms with Gasteiger partial charge in [-0.3, -0.25) is 4.79 Å². The summed E-state index contributed by atoms with van der Waals surface area (Å²) in [5.74, 6) is 0.869. The molecule has 1 aromatic rings. The minimum atomic E-state index is 0.227. The Morgan fingerprint density at radius 2 is 2.08 bits per heavy atom. The number of piperidine rings is 1. The van der Waals surface area contributed by atoms with E-state index < -0.39 is 0 Å². The largest absolute Gasteiger partial charge is 0.384 e. The fraction of sp³-hybridized carbons (Fsp3) is 0.650. The highest BCUT2D eigenvalue weighted by molar-refractivity contribution is 5.76. The average Bonchev–Trinajstić information content (AvgIpc) is 2.88. The van der Waals surface area contributed by atoms with Crippen LogP contribution in [0.5, 0.6) is 0 Å². The molecule has 2 atom stereocenters. The Kier molecular flexibility index (Phi) is 5.57. The number of hydrogen-bond acceptors (Lipinski definition) is 3. The molecule has 132 valence electrons. The Bertz CT molecular complexity index is 579. The second kappa shape index (κ2) is 7.66. The van der Waals surface area contributed by atoms with E-state index in [1.807, 2.05) is 4.90 Å². The van der Waals surface area contributed by atoms with E-state index in [9.17, 15) is 4.79 Å². The Morgan fingerprint density at radius 3 is 2.79 bits per heavy atom. The van der Waals surface area contributed by atoms with E-state index in [1.165, 1.54) is 23.1 Å². The molecule has 24 heavy (non-hydrogen) atoms. The molecule has 1 aliphatic heterocycles. The van der Waals surface area contributed by atoms with Crippen molar-refractivity contribution in [2.75, 3.05) is 26.8 Å². The molecule has 0 aromatic heterocycles. The van der Waals surface area contributed by atoms with E-state index in [4.69, 9.17) is 4.74 Å². The van der Waals surface area contributed by atoms with Gasteiger partial charge >= 0.3 is 0 Å². The van der Waals surface area contributed by atoms with Gasteiger partial charge in [-0.2, -0.15) is 0 Å². The van der Waals surface area contributed by atoms with E-state index in [-0.39, 0.29) is 5.91 Å². The number of nitrogens with one attached hydrogen (secondary N) is 1. The number of rotatable bonds is 5. The van der Waals surface area contributed by atoms with Crippen LogP contribution >= 0.6 is 0 Å². The van der Waals surface area contributed by atoms with Crippen molar-refractivity contribution in [1.82, 2.24) is 10.2 Å². The van der Waals surface area contributed by atoms with Crippen molar-refractivity contribution in [3.8, 4) is 0 Å². The van der Waals surface area contributed by atoms with Gasteiger partial charge in [0.2, 0.25) is 5.91 Å². The van der Waals surface area contributed by atoms with Gasteiger partial charge in [0.25, 0.3) is 0 Å². The van der Waals surface area contributed by atoms with Gasteiger partial charge in [0.05, 0.1) is 13.0 Å². The number of methoxy groups -OCH3 is 1. The van der Waals surface area contributed by atoms with Gasteiger partial charge in [-0.25, -0.2) is 0 Å². The minimum Gasteiger partial charge on any atom is -0.384 e. The zero-order chi connectivity index (χ0) is 17.1. The fourth-order valence-electron chi connectivity index (χ4n) is 4.11. The Labute approximate surface area is 145 Å². The predicted octanol–water partition coefficient (Wildman–Crippen LogP) is 2.85. The molecule has 0 bridgehead atoms. The first-order valence-electron chi connectivity index (χ1n) is 9.20. The fourth-order valence-corrected chi connectivity index (χ4v) is 4.11. The first-order valence-corrected chi connectivity index (χ1v) is 9.20. The average molecular weight is 330 g/mol. The maximum absolute atomic E-state index is 12.1. The molecule has 1 heterocycles. The number of amides is 1. The topological polar surface area (TPSA) is 41.6 Å². The lowest BCUT2D eigenvalue weighted by molar-refractivity contribution is -0.133. The number of carbonyl (C=O) groups excluding carboxylic acids is 1. The lowest BCUT2D eigenvalue weighted by Crippen LogP contribution is -2.46. The summed E-state index contributed by atoms with van der Waals surface area (Å²) in [6.07, 6.45) is 3.76. The molecular formula is C20H30N2O2. The van der Waals surface area contributed by atoms with Crippen molar-refractivity contribution >= 4 is 5.91 Å². The van der Waals surface area contributed by atoms with E-state index in [2.05, 4.69) is 37.4 Å². The van der Waals surface area contributed by atoms with E-state index in [0.717, 1.165) is 25.9 Å². The summed E-state index contributed by atoms with van der Waals surface area (Å²) in [6.45, 7) is 6.76. The van der Waals surface area contributed by atoms with Crippen LogP contribution in [0.15, 0.2) is 18.2 Å². The van der Waals surface area contributed by atoms with Gasteiger partial charge in [0.1, 0.15) is 0 Å². The molecule has 1 fully saturated rings. The summed E-state index contributed by atoms with van der Waals surface area (Å²) in [6, 6.07) is 7.83. The van der Waals surface area contributed by atoms with Gasteiger partial charge in [0.15, 0.2) is 0 Å². The van der Waals surface area contributed by atoms with Crippen LogP contribution in [0.25, 0.3) is 0 Å². The number of fused-ring (bicyclic) bond motifs is 1. The van der Waals surface area contributed by atoms with Crippen LogP contribution in [0.3, 0.4) is 0 Å². The van der Waals surface area contributed by atoms with Crippen LogP contribution in [0.2, 0.25) is 0 Å². The summed E-state index contributed by atoms with van der Waals surface area (Å²) in [5, 5.41) is 3.89. The number of nitrogens with zero attached hydrogens (tertiary/aromatic N) is 1. The SMILES string of the molecule is COCCC(=O)N1CCC(NC2c3cc(C)ccc3CC2C)CC1. The van der Waals surface area contributed by atoms with Crippen molar-refractivity contribution in [3.63, 3.8) is 0 Å². The van der Waals surface area contributed by atoms with Gasteiger partial charge in [0, 0.05) is 32.3 Å². The summed E-state index contributed by atoms with van der Waals surface area (Å²) < 4.78 is 5.01. The molecule has 1 aliphatic carbocycles. The summed E-state index contributed by atoms with van der Waals surface area (Å²) >= 11 is 0. The van der Waals surface area contributed by atoms with Crippen molar-refractivity contribution < 1.29 is 9.53 Å². The summed E-state index contributed by atoms with van der Waals surface area (Å²) in [4.78, 5) is 14.1. The second-order valence-electron chi connectivity index (χ2n) is 7.43. The number of aryl methyl sites for hydroxylation is 1. The summed E-state index contributed by atoms with van der Waals surface area (Å²) in [7, 11) is 1.64. The third-order valence-electron chi connectivity index (χ3n) is 5.53. The zero-order valence-electron chi connectivity index (χ0n) is 15.2. The van der Waals surface area contributed by atoms with E-state index in [1.54, 1.807) is 7.11 Å². The first-order chi connectivity index (χ1) is 11.6. The van der Waals surface area contributed by atoms with Gasteiger partial charge in [-0.1, -0.05) is 30.7 Å². The minimum absolute atomic E-state index is 0.227. The van der Waals surface area contributed by atoms with Gasteiger partial charge in [-0.05, 0) is 43.2 Å². The van der Waals surface area contributed by atoms with E-state index >= 15 is 0 Å². The molecule has 1 aromatic carbocycles. The highest BCUT2D eigenvalue weighted by Crippen LogP contribution is 2.37. The standard InChI is InChI=1S/C20H30N2O2/c1-14-4-5-16-13-15(2)20(18(16)12-14)21-17-6-9-22(10-7-17)19(23)8-11-24-3/h4-5,12,15,17,20-21H,6-11,13H2,1-3H3. The van der Waals surface area contributed by atoms with Crippen LogP contribution in [-0.2, 0) is 16.0 Å². The highest BCUT2D eigenvalue weighted by Gasteiger charge is 2.32. The van der Waals surface area contributed by atoms with Crippen molar-refractivity contribution in [1.29, 1.82) is 0 Å². The molecule has 2 aliphatic rings. The van der Waals surface area contributed by atoms with Gasteiger partial charge < -0.3 is 15.0 Å². The Hall–Kier alpha value is -1.39. The van der Waals surface area contributed by atoms with Gasteiger partial charge in [-0.15, -0.1) is 0 Å². The monoisotopic (exact) mass is 330 g/mol. The maximum Gasteiger partial charge on any atom is 0.224 e. The maximum atomic E-state index is 12.1. The molecular weight excluding hydrogens is 300 g/mol. The zero-order valence-corrected chi connectivity index (χ0v) is 15.2. The number of carbonyl (C=O) groups is 1.